The van der Waals surface area contributed by atoms with E-state index in [2.05, 4.69) is 25.3 Å². The largest absolute Gasteiger partial charge is 0.346 e. The van der Waals surface area contributed by atoms with E-state index < -0.39 is 0 Å². The highest BCUT2D eigenvalue weighted by molar-refractivity contribution is 6.30. The maximum Gasteiger partial charge on any atom is 0.227 e. The molecule has 0 aliphatic carbocycles. The highest BCUT2D eigenvalue weighted by Gasteiger charge is 2.08. The van der Waals surface area contributed by atoms with Crippen LogP contribution in [0.2, 0.25) is 5.02 Å². The summed E-state index contributed by atoms with van der Waals surface area (Å²) in [6.07, 6.45) is 5.36. The zero-order valence-electron chi connectivity index (χ0n) is 12.0. The van der Waals surface area contributed by atoms with Gasteiger partial charge in [0.15, 0.2) is 0 Å². The number of aromatic nitrogens is 4. The second-order valence-corrected chi connectivity index (χ2v) is 5.44. The van der Waals surface area contributed by atoms with Gasteiger partial charge in [0.2, 0.25) is 5.95 Å². The van der Waals surface area contributed by atoms with Gasteiger partial charge in [-0.15, -0.1) is 0 Å². The van der Waals surface area contributed by atoms with Crippen molar-refractivity contribution in [1.29, 1.82) is 0 Å². The molecule has 0 amide bonds. The van der Waals surface area contributed by atoms with Crippen molar-refractivity contribution in [3.05, 3.63) is 66.1 Å². The van der Waals surface area contributed by atoms with Crippen molar-refractivity contribution in [2.45, 2.75) is 0 Å². The van der Waals surface area contributed by atoms with Crippen molar-refractivity contribution in [2.75, 3.05) is 5.32 Å². The Morgan fingerprint density at radius 3 is 2.83 bits per heavy atom. The highest BCUT2D eigenvalue weighted by Crippen LogP contribution is 2.26. The molecule has 0 fully saturated rings. The molecule has 112 valence electrons. The number of fused-ring (bicyclic) bond motifs is 1. The molecule has 6 heteroatoms. The van der Waals surface area contributed by atoms with Crippen LogP contribution in [0, 0.1) is 0 Å². The number of H-pyrrole nitrogens is 1. The summed E-state index contributed by atoms with van der Waals surface area (Å²) >= 11 is 6.00. The van der Waals surface area contributed by atoms with Crippen LogP contribution >= 0.6 is 11.6 Å². The number of nitrogens with one attached hydrogen (secondary N) is 2. The topological polar surface area (TPSA) is 66.5 Å². The van der Waals surface area contributed by atoms with Crippen molar-refractivity contribution < 1.29 is 0 Å². The minimum atomic E-state index is 0.519. The van der Waals surface area contributed by atoms with E-state index in [4.69, 9.17) is 11.6 Å². The Morgan fingerprint density at radius 2 is 1.91 bits per heavy atom. The maximum absolute atomic E-state index is 6.00. The monoisotopic (exact) mass is 321 g/mol. The first-order chi connectivity index (χ1) is 11.3. The Morgan fingerprint density at radius 1 is 1.00 bits per heavy atom. The fraction of sp³-hybridized carbons (Fsp3) is 0. The third-order valence-electron chi connectivity index (χ3n) is 3.47. The van der Waals surface area contributed by atoms with E-state index in [1.165, 1.54) is 0 Å². The average molecular weight is 322 g/mol. The molecule has 0 spiro atoms. The van der Waals surface area contributed by atoms with E-state index in [0.29, 0.717) is 11.0 Å². The molecule has 5 nitrogen and oxygen atoms in total. The van der Waals surface area contributed by atoms with Crippen LogP contribution in [0.25, 0.3) is 22.3 Å². The third kappa shape index (κ3) is 2.74. The van der Waals surface area contributed by atoms with Gasteiger partial charge in [0.1, 0.15) is 5.65 Å². The highest BCUT2D eigenvalue weighted by atomic mass is 35.5. The number of aromatic amines is 1. The lowest BCUT2D eigenvalue weighted by molar-refractivity contribution is 1.17. The Hall–Kier alpha value is -2.92. The van der Waals surface area contributed by atoms with E-state index in [1.807, 2.05) is 48.7 Å². The van der Waals surface area contributed by atoms with Gasteiger partial charge in [0, 0.05) is 40.3 Å². The van der Waals surface area contributed by atoms with Gasteiger partial charge in [-0.3, -0.25) is 0 Å². The number of benzene rings is 1. The zero-order valence-corrected chi connectivity index (χ0v) is 12.7. The SMILES string of the molecule is Clc1cccc(Nc2nccc(-c3ccnc4[nH]ccc34)n2)c1. The predicted octanol–water partition coefficient (Wildman–Crippen LogP) is 4.42. The molecule has 0 aliphatic rings. The first-order valence-corrected chi connectivity index (χ1v) is 7.45. The van der Waals surface area contributed by atoms with Crippen molar-refractivity contribution in [1.82, 2.24) is 19.9 Å². The number of nitrogens with zero attached hydrogens (tertiary/aromatic N) is 3. The number of hydrogen-bond donors (Lipinski definition) is 2. The van der Waals surface area contributed by atoms with E-state index in [-0.39, 0.29) is 0 Å². The molecule has 0 aliphatic heterocycles. The van der Waals surface area contributed by atoms with E-state index in [1.54, 1.807) is 12.4 Å². The molecule has 0 saturated heterocycles. The summed E-state index contributed by atoms with van der Waals surface area (Å²) in [5, 5.41) is 4.86. The van der Waals surface area contributed by atoms with Crippen LogP contribution in [0.4, 0.5) is 11.6 Å². The van der Waals surface area contributed by atoms with Crippen molar-refractivity contribution in [3.8, 4) is 11.3 Å². The molecule has 0 saturated carbocycles. The lowest BCUT2D eigenvalue weighted by Gasteiger charge is -2.07. The van der Waals surface area contributed by atoms with Crippen LogP contribution in [0.1, 0.15) is 0 Å². The Bertz CT molecular complexity index is 979. The molecule has 0 unspecified atom stereocenters. The van der Waals surface area contributed by atoms with Gasteiger partial charge < -0.3 is 10.3 Å². The third-order valence-corrected chi connectivity index (χ3v) is 3.71. The standard InChI is InChI=1S/C17H12ClN5/c18-11-2-1-3-12(10-11)22-17-21-9-6-15(23-17)13-4-7-19-16-14(13)5-8-20-16/h1-10H,(H,19,20)(H,21,22,23). The minimum Gasteiger partial charge on any atom is -0.346 e. The molecule has 3 heterocycles. The first-order valence-electron chi connectivity index (χ1n) is 7.08. The average Bonchev–Trinajstić information content (AvgIpc) is 3.03. The van der Waals surface area contributed by atoms with E-state index >= 15 is 0 Å². The lowest BCUT2D eigenvalue weighted by Crippen LogP contribution is -1.98. The molecular weight excluding hydrogens is 310 g/mol. The van der Waals surface area contributed by atoms with Crippen LogP contribution in [-0.2, 0) is 0 Å². The molecule has 1 aromatic carbocycles. The fourth-order valence-corrected chi connectivity index (χ4v) is 2.64. The summed E-state index contributed by atoms with van der Waals surface area (Å²) in [5.41, 5.74) is 3.52. The van der Waals surface area contributed by atoms with E-state index in [9.17, 15) is 0 Å². The van der Waals surface area contributed by atoms with Crippen LogP contribution in [0.5, 0.6) is 0 Å². The second kappa shape index (κ2) is 5.70. The van der Waals surface area contributed by atoms with Crippen LogP contribution in [-0.4, -0.2) is 19.9 Å². The van der Waals surface area contributed by atoms with Gasteiger partial charge in [-0.1, -0.05) is 17.7 Å². The quantitative estimate of drug-likeness (QED) is 0.586. The predicted molar refractivity (Wildman–Crippen MR) is 91.9 cm³/mol. The van der Waals surface area contributed by atoms with E-state index in [0.717, 1.165) is 28.0 Å². The van der Waals surface area contributed by atoms with Gasteiger partial charge in [0.05, 0.1) is 5.69 Å². The summed E-state index contributed by atoms with van der Waals surface area (Å²) in [6.45, 7) is 0. The molecule has 23 heavy (non-hydrogen) atoms. The number of pyridine rings is 1. The number of rotatable bonds is 3. The molecule has 0 bridgehead atoms. The molecule has 3 aromatic heterocycles. The summed E-state index contributed by atoms with van der Waals surface area (Å²) in [5.74, 6) is 0.519. The lowest BCUT2D eigenvalue weighted by atomic mass is 10.1. The normalized spacial score (nSPS) is 10.8. The summed E-state index contributed by atoms with van der Waals surface area (Å²) in [6, 6.07) is 13.3. The van der Waals surface area contributed by atoms with Crippen molar-refractivity contribution >= 4 is 34.3 Å². The van der Waals surface area contributed by atoms with Crippen LogP contribution in [0.15, 0.2) is 61.1 Å². The molecule has 4 rings (SSSR count). The number of anilines is 2. The smallest absolute Gasteiger partial charge is 0.227 e. The number of hydrogen-bond acceptors (Lipinski definition) is 4. The first kappa shape index (κ1) is 13.7. The Balaban J connectivity index is 1.73. The van der Waals surface area contributed by atoms with Crippen molar-refractivity contribution in [2.24, 2.45) is 0 Å². The van der Waals surface area contributed by atoms with Gasteiger partial charge in [-0.2, -0.15) is 0 Å². The molecular formula is C17H12ClN5. The molecule has 4 aromatic rings. The maximum atomic E-state index is 6.00. The molecule has 0 atom stereocenters. The van der Waals surface area contributed by atoms with Crippen molar-refractivity contribution in [3.63, 3.8) is 0 Å². The van der Waals surface area contributed by atoms with Gasteiger partial charge >= 0.3 is 0 Å². The second-order valence-electron chi connectivity index (χ2n) is 5.00. The minimum absolute atomic E-state index is 0.519. The summed E-state index contributed by atoms with van der Waals surface area (Å²) < 4.78 is 0. The Labute approximate surface area is 137 Å². The summed E-state index contributed by atoms with van der Waals surface area (Å²) in [4.78, 5) is 16.3. The van der Waals surface area contributed by atoms with Gasteiger partial charge in [-0.05, 0) is 36.4 Å². The van der Waals surface area contributed by atoms with Gasteiger partial charge in [-0.25, -0.2) is 15.0 Å². The number of halogens is 1. The van der Waals surface area contributed by atoms with Crippen LogP contribution in [0.3, 0.4) is 0 Å². The van der Waals surface area contributed by atoms with Gasteiger partial charge in [0.25, 0.3) is 0 Å². The Kier molecular flexibility index (Phi) is 3.40. The fourth-order valence-electron chi connectivity index (χ4n) is 2.45. The van der Waals surface area contributed by atoms with Crippen LogP contribution < -0.4 is 5.32 Å². The zero-order chi connectivity index (χ0) is 15.6. The molecule has 2 N–H and O–H groups in total. The molecule has 0 radical (unpaired) electrons. The summed E-state index contributed by atoms with van der Waals surface area (Å²) in [7, 11) is 0.